The van der Waals surface area contributed by atoms with Crippen LogP contribution in [0.15, 0.2) is 18.2 Å². The quantitative estimate of drug-likeness (QED) is 0.510. The van der Waals surface area contributed by atoms with Crippen LogP contribution in [0.1, 0.15) is 17.6 Å². The molecule has 0 bridgehead atoms. The number of hydrogen-bond donors (Lipinski definition) is 0. The molecule has 0 aliphatic heterocycles. The van der Waals surface area contributed by atoms with Crippen molar-refractivity contribution in [2.75, 3.05) is 0 Å². The third-order valence-electron chi connectivity index (χ3n) is 1.91. The molecule has 0 heterocycles. The van der Waals surface area contributed by atoms with Gasteiger partial charge in [0.15, 0.2) is 0 Å². The van der Waals surface area contributed by atoms with E-state index in [0.29, 0.717) is 6.07 Å². The Morgan fingerprint density at radius 3 is 2.00 bits per heavy atom. The molecule has 0 atom stereocenters. The molecule has 78 valence electrons. The standard InChI is InChI=1S/C8H7BF5.K/c1-5-4-6(9(12,13)14)2-3-7(5)8(10)11;/h2-4,8H,1H3;/q-1;+1. The fourth-order valence-electron chi connectivity index (χ4n) is 1.15. The summed E-state index contributed by atoms with van der Waals surface area (Å²) in [4.78, 5) is 0. The summed E-state index contributed by atoms with van der Waals surface area (Å²) in [6.45, 7) is -3.86. The van der Waals surface area contributed by atoms with E-state index >= 15 is 0 Å². The van der Waals surface area contributed by atoms with E-state index in [-0.39, 0.29) is 62.5 Å². The minimum atomic E-state index is -5.10. The van der Waals surface area contributed by atoms with Gasteiger partial charge in [-0.1, -0.05) is 18.2 Å². The van der Waals surface area contributed by atoms with Crippen molar-refractivity contribution in [2.24, 2.45) is 0 Å². The Morgan fingerprint density at radius 2 is 1.67 bits per heavy atom. The molecular formula is C8H7BF5K. The minimum absolute atomic E-state index is 0. The van der Waals surface area contributed by atoms with Gasteiger partial charge in [-0.15, -0.1) is 5.46 Å². The molecule has 7 heteroatoms. The SMILES string of the molecule is Cc1cc([B-](F)(F)F)ccc1C(F)F.[K+]. The Morgan fingerprint density at radius 1 is 1.13 bits per heavy atom. The Hall–Kier alpha value is 0.571. The number of benzene rings is 1. The van der Waals surface area contributed by atoms with Crippen molar-refractivity contribution < 1.29 is 73.1 Å². The molecule has 0 nitrogen and oxygen atoms in total. The van der Waals surface area contributed by atoms with Crippen molar-refractivity contribution >= 4 is 12.4 Å². The van der Waals surface area contributed by atoms with Crippen LogP contribution in [0.2, 0.25) is 0 Å². The average molecular weight is 248 g/mol. The molecule has 0 amide bonds. The monoisotopic (exact) mass is 248 g/mol. The first-order valence-electron chi connectivity index (χ1n) is 3.91. The number of aryl methyl sites for hydroxylation is 1. The first-order chi connectivity index (χ1) is 6.32. The van der Waals surface area contributed by atoms with E-state index in [9.17, 15) is 21.7 Å². The van der Waals surface area contributed by atoms with Crippen molar-refractivity contribution in [1.29, 1.82) is 0 Å². The van der Waals surface area contributed by atoms with Crippen LogP contribution < -0.4 is 56.8 Å². The fourth-order valence-corrected chi connectivity index (χ4v) is 1.15. The van der Waals surface area contributed by atoms with Gasteiger partial charge in [0.25, 0.3) is 6.43 Å². The molecule has 0 aromatic heterocycles. The van der Waals surface area contributed by atoms with Gasteiger partial charge in [-0.3, -0.25) is 0 Å². The van der Waals surface area contributed by atoms with E-state index < -0.39 is 18.9 Å². The van der Waals surface area contributed by atoms with E-state index in [1.54, 1.807) is 0 Å². The molecule has 0 aliphatic carbocycles. The van der Waals surface area contributed by atoms with Gasteiger partial charge in [0.2, 0.25) is 0 Å². The van der Waals surface area contributed by atoms with Crippen molar-refractivity contribution in [3.8, 4) is 0 Å². The van der Waals surface area contributed by atoms with Crippen molar-refractivity contribution in [1.82, 2.24) is 0 Å². The maximum atomic E-state index is 12.2. The van der Waals surface area contributed by atoms with Crippen LogP contribution >= 0.6 is 0 Å². The zero-order valence-electron chi connectivity index (χ0n) is 8.28. The maximum absolute atomic E-state index is 12.2. The smallest absolute Gasteiger partial charge is 0.445 e. The van der Waals surface area contributed by atoms with E-state index in [0.717, 1.165) is 12.1 Å². The Labute approximate surface area is 127 Å². The second kappa shape index (κ2) is 5.77. The third kappa shape index (κ3) is 4.14. The van der Waals surface area contributed by atoms with Gasteiger partial charge in [0.1, 0.15) is 0 Å². The van der Waals surface area contributed by atoms with Gasteiger partial charge in [-0.05, 0) is 12.5 Å². The first-order valence-corrected chi connectivity index (χ1v) is 3.91. The van der Waals surface area contributed by atoms with E-state index in [4.69, 9.17) is 0 Å². The molecule has 0 aliphatic rings. The fraction of sp³-hybridized carbons (Fsp3) is 0.250. The van der Waals surface area contributed by atoms with Crippen molar-refractivity contribution in [3.05, 3.63) is 29.3 Å². The largest absolute Gasteiger partial charge is 1.00 e. The molecule has 0 spiro atoms. The summed E-state index contributed by atoms with van der Waals surface area (Å²) in [7, 11) is 0. The molecule has 0 saturated carbocycles. The molecule has 1 aromatic carbocycles. The number of halogens is 5. The zero-order valence-corrected chi connectivity index (χ0v) is 11.4. The number of alkyl halides is 2. The molecule has 0 saturated heterocycles. The third-order valence-corrected chi connectivity index (χ3v) is 1.91. The molecule has 0 unspecified atom stereocenters. The van der Waals surface area contributed by atoms with Gasteiger partial charge in [-0.2, -0.15) is 0 Å². The topological polar surface area (TPSA) is 0 Å². The Kier molecular flexibility index (Phi) is 5.99. The van der Waals surface area contributed by atoms with Gasteiger partial charge < -0.3 is 12.9 Å². The van der Waals surface area contributed by atoms with Crippen LogP contribution in [0.3, 0.4) is 0 Å². The Bertz CT molecular complexity index is 336. The van der Waals surface area contributed by atoms with Crippen LogP contribution in [0, 0.1) is 6.92 Å². The molecule has 0 fully saturated rings. The molecule has 0 radical (unpaired) electrons. The van der Waals surface area contributed by atoms with Gasteiger partial charge in [0, 0.05) is 5.56 Å². The van der Waals surface area contributed by atoms with Gasteiger partial charge in [-0.25, -0.2) is 8.78 Å². The molecular weight excluding hydrogens is 241 g/mol. The second-order valence-electron chi connectivity index (χ2n) is 2.99. The Balaban J connectivity index is 0.00000196. The molecule has 15 heavy (non-hydrogen) atoms. The number of rotatable bonds is 2. The van der Waals surface area contributed by atoms with E-state index in [2.05, 4.69) is 0 Å². The van der Waals surface area contributed by atoms with Crippen LogP contribution in [0.5, 0.6) is 0 Å². The summed E-state index contributed by atoms with van der Waals surface area (Å²) in [5.41, 5.74) is -1.22. The van der Waals surface area contributed by atoms with Gasteiger partial charge in [0.05, 0.1) is 0 Å². The van der Waals surface area contributed by atoms with Crippen LogP contribution in [0.4, 0.5) is 21.7 Å². The molecule has 0 N–H and O–H groups in total. The minimum Gasteiger partial charge on any atom is -0.445 e. The second-order valence-corrected chi connectivity index (χ2v) is 2.99. The van der Waals surface area contributed by atoms with Gasteiger partial charge >= 0.3 is 58.4 Å². The van der Waals surface area contributed by atoms with E-state index in [1.807, 2.05) is 0 Å². The normalized spacial score (nSPS) is 11.4. The summed E-state index contributed by atoms with van der Waals surface area (Å²) in [5, 5.41) is 0. The summed E-state index contributed by atoms with van der Waals surface area (Å²) in [5.74, 6) is 0. The van der Waals surface area contributed by atoms with Crippen LogP contribution in [0.25, 0.3) is 0 Å². The first kappa shape index (κ1) is 15.6. The van der Waals surface area contributed by atoms with Crippen molar-refractivity contribution in [3.63, 3.8) is 0 Å². The predicted octanol–water partition coefficient (Wildman–Crippen LogP) is -0.00898. The average Bonchev–Trinajstić information content (AvgIpc) is 2.01. The summed E-state index contributed by atoms with van der Waals surface area (Å²) in [6, 6.07) is 2.26. The molecule has 1 aromatic rings. The summed E-state index contributed by atoms with van der Waals surface area (Å²) < 4.78 is 60.9. The van der Waals surface area contributed by atoms with E-state index in [1.165, 1.54) is 6.92 Å². The maximum Gasteiger partial charge on any atom is 1.00 e. The molecule has 1 rings (SSSR count). The summed E-state index contributed by atoms with van der Waals surface area (Å²) in [6.07, 6.45) is -2.73. The number of hydrogen-bond acceptors (Lipinski definition) is 0. The van der Waals surface area contributed by atoms with Crippen LogP contribution in [-0.4, -0.2) is 6.98 Å². The van der Waals surface area contributed by atoms with Crippen molar-refractivity contribution in [2.45, 2.75) is 13.3 Å². The van der Waals surface area contributed by atoms with Crippen LogP contribution in [-0.2, 0) is 0 Å². The summed E-state index contributed by atoms with van der Waals surface area (Å²) >= 11 is 0. The predicted molar refractivity (Wildman–Crippen MR) is 44.8 cm³/mol. The zero-order chi connectivity index (χ0) is 10.9.